The average molecular weight is 190 g/mol. The lowest BCUT2D eigenvalue weighted by Gasteiger charge is -1.96. The normalized spacial score (nSPS) is 10.0. The summed E-state index contributed by atoms with van der Waals surface area (Å²) in [5, 5.41) is 0. The minimum absolute atomic E-state index is 0.215. The Morgan fingerprint density at radius 2 is 2.07 bits per heavy atom. The summed E-state index contributed by atoms with van der Waals surface area (Å²) in [4.78, 5) is 33.6. The van der Waals surface area contributed by atoms with Crippen LogP contribution in [0, 0.1) is 0 Å². The summed E-state index contributed by atoms with van der Waals surface area (Å²) in [6, 6.07) is 3.39. The summed E-state index contributed by atoms with van der Waals surface area (Å²) in [5.74, 6) is 0.215. The number of aromatic nitrogens is 4. The topological polar surface area (TPSA) is 91.5 Å². The van der Waals surface area contributed by atoms with E-state index >= 15 is 0 Å². The summed E-state index contributed by atoms with van der Waals surface area (Å²) < 4.78 is 0. The van der Waals surface area contributed by atoms with Crippen LogP contribution in [-0.4, -0.2) is 19.9 Å². The van der Waals surface area contributed by atoms with Crippen LogP contribution in [0.25, 0.3) is 11.4 Å². The predicted octanol–water partition coefficient (Wildman–Crippen LogP) is -0.480. The molecule has 0 radical (unpaired) electrons. The number of hydrogen-bond acceptors (Lipinski definition) is 4. The van der Waals surface area contributed by atoms with Crippen LogP contribution < -0.4 is 11.4 Å². The SMILES string of the molecule is O=c1nc(-c2cccnc2)[nH]c(=O)[nH]1. The number of nitrogens with one attached hydrogen (secondary N) is 2. The maximum absolute atomic E-state index is 10.9. The van der Waals surface area contributed by atoms with Crippen molar-refractivity contribution in [2.75, 3.05) is 0 Å². The predicted molar refractivity (Wildman–Crippen MR) is 48.7 cm³/mol. The number of nitrogens with zero attached hydrogens (tertiary/aromatic N) is 2. The molecule has 0 atom stereocenters. The van der Waals surface area contributed by atoms with Crippen LogP contribution in [-0.2, 0) is 0 Å². The van der Waals surface area contributed by atoms with Gasteiger partial charge in [-0.2, -0.15) is 4.98 Å². The van der Waals surface area contributed by atoms with E-state index in [1.54, 1.807) is 18.3 Å². The monoisotopic (exact) mass is 190 g/mol. The van der Waals surface area contributed by atoms with Crippen molar-refractivity contribution < 1.29 is 0 Å². The van der Waals surface area contributed by atoms with Crippen molar-refractivity contribution in [3.8, 4) is 11.4 Å². The van der Waals surface area contributed by atoms with Gasteiger partial charge in [0.15, 0.2) is 0 Å². The molecule has 6 nitrogen and oxygen atoms in total. The number of H-pyrrole nitrogens is 2. The van der Waals surface area contributed by atoms with E-state index in [1.807, 2.05) is 4.98 Å². The molecule has 0 spiro atoms. The van der Waals surface area contributed by atoms with E-state index in [1.165, 1.54) is 6.20 Å². The summed E-state index contributed by atoms with van der Waals surface area (Å²) in [6.45, 7) is 0. The van der Waals surface area contributed by atoms with Gasteiger partial charge in [0.05, 0.1) is 0 Å². The highest BCUT2D eigenvalue weighted by Crippen LogP contribution is 2.07. The molecule has 70 valence electrons. The van der Waals surface area contributed by atoms with Gasteiger partial charge in [-0.05, 0) is 12.1 Å². The smallest absolute Gasteiger partial charge is 0.291 e. The molecule has 2 aromatic heterocycles. The van der Waals surface area contributed by atoms with E-state index in [4.69, 9.17) is 0 Å². The summed E-state index contributed by atoms with van der Waals surface area (Å²) in [7, 11) is 0. The Hall–Kier alpha value is -2.24. The third kappa shape index (κ3) is 1.58. The van der Waals surface area contributed by atoms with Gasteiger partial charge in [0.2, 0.25) is 0 Å². The minimum Gasteiger partial charge on any atom is -0.291 e. The zero-order chi connectivity index (χ0) is 9.97. The Morgan fingerprint density at radius 1 is 1.21 bits per heavy atom. The second kappa shape index (κ2) is 3.25. The molecule has 0 saturated heterocycles. The Balaban J connectivity index is 2.64. The lowest BCUT2D eigenvalue weighted by Crippen LogP contribution is -2.25. The van der Waals surface area contributed by atoms with E-state index in [9.17, 15) is 9.59 Å². The standard InChI is InChI=1S/C8H6N4O2/c13-7-10-6(11-8(14)12-7)5-2-1-3-9-4-5/h1-4H,(H2,10,11,12,13,14). The van der Waals surface area contributed by atoms with Crippen LogP contribution in [0.1, 0.15) is 0 Å². The zero-order valence-electron chi connectivity index (χ0n) is 7.02. The molecule has 14 heavy (non-hydrogen) atoms. The highest BCUT2D eigenvalue weighted by molar-refractivity contribution is 5.51. The highest BCUT2D eigenvalue weighted by Gasteiger charge is 2.00. The van der Waals surface area contributed by atoms with Crippen LogP contribution in [0.3, 0.4) is 0 Å². The van der Waals surface area contributed by atoms with E-state index in [0.29, 0.717) is 5.56 Å². The Bertz CT molecular complexity index is 515. The van der Waals surface area contributed by atoms with E-state index in [0.717, 1.165) is 0 Å². The third-order valence-electron chi connectivity index (χ3n) is 1.60. The van der Waals surface area contributed by atoms with Gasteiger partial charge in [-0.15, -0.1) is 0 Å². The molecule has 0 aliphatic rings. The summed E-state index contributed by atoms with van der Waals surface area (Å²) >= 11 is 0. The van der Waals surface area contributed by atoms with Crippen molar-refractivity contribution in [3.05, 3.63) is 45.5 Å². The zero-order valence-corrected chi connectivity index (χ0v) is 7.02. The molecular formula is C8H6N4O2. The maximum Gasteiger partial charge on any atom is 0.351 e. The van der Waals surface area contributed by atoms with Gasteiger partial charge in [0.25, 0.3) is 0 Å². The summed E-state index contributed by atoms with van der Waals surface area (Å²) in [5.41, 5.74) is -0.660. The Kier molecular flexibility index (Phi) is 1.94. The number of rotatable bonds is 1. The lowest BCUT2D eigenvalue weighted by atomic mass is 10.3. The molecule has 2 aromatic rings. The van der Waals surface area contributed by atoms with Gasteiger partial charge < -0.3 is 0 Å². The van der Waals surface area contributed by atoms with Crippen LogP contribution in [0.4, 0.5) is 0 Å². The quantitative estimate of drug-likeness (QED) is 0.635. The van der Waals surface area contributed by atoms with Crippen LogP contribution >= 0.6 is 0 Å². The van der Waals surface area contributed by atoms with Crippen molar-refractivity contribution in [1.82, 2.24) is 19.9 Å². The minimum atomic E-state index is -0.674. The van der Waals surface area contributed by atoms with Crippen molar-refractivity contribution in [1.29, 1.82) is 0 Å². The second-order valence-corrected chi connectivity index (χ2v) is 2.59. The molecule has 0 fully saturated rings. The van der Waals surface area contributed by atoms with Gasteiger partial charge >= 0.3 is 11.4 Å². The third-order valence-corrected chi connectivity index (χ3v) is 1.60. The number of aromatic amines is 2. The molecule has 2 rings (SSSR count). The van der Waals surface area contributed by atoms with Gasteiger partial charge in [-0.3, -0.25) is 15.0 Å². The molecule has 6 heteroatoms. The van der Waals surface area contributed by atoms with Gasteiger partial charge in [0.1, 0.15) is 5.82 Å². The molecule has 0 aliphatic heterocycles. The van der Waals surface area contributed by atoms with Gasteiger partial charge in [0, 0.05) is 18.0 Å². The molecule has 0 amide bonds. The molecule has 0 aliphatic carbocycles. The van der Waals surface area contributed by atoms with Crippen molar-refractivity contribution in [2.45, 2.75) is 0 Å². The van der Waals surface area contributed by atoms with Crippen molar-refractivity contribution in [3.63, 3.8) is 0 Å². The van der Waals surface area contributed by atoms with Gasteiger partial charge in [-0.1, -0.05) is 0 Å². The first-order valence-corrected chi connectivity index (χ1v) is 3.87. The largest absolute Gasteiger partial charge is 0.351 e. The maximum atomic E-state index is 10.9. The first kappa shape index (κ1) is 8.36. The molecule has 2 heterocycles. The fraction of sp³-hybridized carbons (Fsp3) is 0. The van der Waals surface area contributed by atoms with E-state index in [2.05, 4.69) is 15.0 Å². The Labute approximate surface area is 77.7 Å². The van der Waals surface area contributed by atoms with Crippen LogP contribution in [0.2, 0.25) is 0 Å². The van der Waals surface area contributed by atoms with Gasteiger partial charge in [-0.25, -0.2) is 9.59 Å². The lowest BCUT2D eigenvalue weighted by molar-refractivity contribution is 0.941. The van der Waals surface area contributed by atoms with E-state index < -0.39 is 11.4 Å². The fourth-order valence-electron chi connectivity index (χ4n) is 1.03. The molecule has 0 unspecified atom stereocenters. The average Bonchev–Trinajstić information content (AvgIpc) is 2.18. The fourth-order valence-corrected chi connectivity index (χ4v) is 1.03. The molecule has 2 N–H and O–H groups in total. The van der Waals surface area contributed by atoms with E-state index in [-0.39, 0.29) is 5.82 Å². The highest BCUT2D eigenvalue weighted by atomic mass is 16.2. The molecule has 0 bridgehead atoms. The van der Waals surface area contributed by atoms with Crippen molar-refractivity contribution in [2.24, 2.45) is 0 Å². The second-order valence-electron chi connectivity index (χ2n) is 2.59. The van der Waals surface area contributed by atoms with Crippen LogP contribution in [0.15, 0.2) is 34.1 Å². The molecule has 0 aromatic carbocycles. The number of pyridine rings is 1. The van der Waals surface area contributed by atoms with Crippen molar-refractivity contribution >= 4 is 0 Å². The molecular weight excluding hydrogens is 184 g/mol. The Morgan fingerprint density at radius 3 is 2.71 bits per heavy atom. The number of hydrogen-bond donors (Lipinski definition) is 2. The summed E-state index contributed by atoms with van der Waals surface area (Å²) in [6.07, 6.45) is 3.10. The first-order chi connectivity index (χ1) is 6.75. The molecule has 0 saturated carbocycles. The van der Waals surface area contributed by atoms with Crippen LogP contribution in [0.5, 0.6) is 0 Å². The first-order valence-electron chi connectivity index (χ1n) is 3.87.